The average molecular weight is 241 g/mol. The molecule has 0 aromatic carbocycles. The zero-order valence-corrected chi connectivity index (χ0v) is 8.91. The number of carboxylic acid groups (broad SMARTS) is 1. The molecule has 2 unspecified atom stereocenters. The molecular formula is C7H12FNO5S. The van der Waals surface area contributed by atoms with Gasteiger partial charge in [0.2, 0.25) is 0 Å². The second-order valence-corrected chi connectivity index (χ2v) is 5.04. The van der Waals surface area contributed by atoms with E-state index in [1.54, 1.807) is 0 Å². The number of likely N-dealkylation sites (tertiary alicyclic amines) is 1. The Labute approximate surface area is 86.8 Å². The highest BCUT2D eigenvalue weighted by molar-refractivity contribution is 7.86. The van der Waals surface area contributed by atoms with Crippen molar-refractivity contribution in [3.63, 3.8) is 0 Å². The average Bonchev–Trinajstić information content (AvgIpc) is 1.99. The molecule has 6 nitrogen and oxygen atoms in total. The fourth-order valence-corrected chi connectivity index (χ4v) is 2.10. The van der Waals surface area contributed by atoms with Gasteiger partial charge < -0.3 is 10.0 Å². The van der Waals surface area contributed by atoms with Crippen molar-refractivity contribution < 1.29 is 26.9 Å². The summed E-state index contributed by atoms with van der Waals surface area (Å²) in [5.41, 5.74) is 0. The van der Waals surface area contributed by atoms with E-state index >= 15 is 0 Å². The Morgan fingerprint density at radius 1 is 1.53 bits per heavy atom. The van der Waals surface area contributed by atoms with Crippen molar-refractivity contribution in [1.82, 2.24) is 4.90 Å². The van der Waals surface area contributed by atoms with Gasteiger partial charge in [-0.15, -0.1) is 0 Å². The van der Waals surface area contributed by atoms with Gasteiger partial charge >= 0.3 is 6.09 Å². The van der Waals surface area contributed by atoms with Crippen LogP contribution in [0.15, 0.2) is 0 Å². The summed E-state index contributed by atoms with van der Waals surface area (Å²) in [5, 5.41) is 8.63. The summed E-state index contributed by atoms with van der Waals surface area (Å²) >= 11 is 0. The number of alkyl halides is 1. The van der Waals surface area contributed by atoms with Crippen molar-refractivity contribution in [2.45, 2.75) is 18.7 Å². The van der Waals surface area contributed by atoms with Crippen molar-refractivity contribution in [2.24, 2.45) is 0 Å². The van der Waals surface area contributed by atoms with E-state index in [0.29, 0.717) is 0 Å². The van der Waals surface area contributed by atoms with Crippen LogP contribution in [0.5, 0.6) is 0 Å². The first-order valence-electron chi connectivity index (χ1n) is 4.28. The molecular weight excluding hydrogens is 229 g/mol. The van der Waals surface area contributed by atoms with Gasteiger partial charge in [-0.1, -0.05) is 0 Å². The van der Waals surface area contributed by atoms with E-state index in [4.69, 9.17) is 5.11 Å². The van der Waals surface area contributed by atoms with Gasteiger partial charge in [0, 0.05) is 6.42 Å². The van der Waals surface area contributed by atoms with Crippen LogP contribution in [-0.2, 0) is 14.3 Å². The van der Waals surface area contributed by atoms with Crippen LogP contribution < -0.4 is 0 Å². The van der Waals surface area contributed by atoms with E-state index in [1.165, 1.54) is 0 Å². The molecule has 0 aromatic heterocycles. The Hall–Kier alpha value is -0.890. The smallest absolute Gasteiger partial charge is 0.407 e. The molecule has 15 heavy (non-hydrogen) atoms. The lowest BCUT2D eigenvalue weighted by Crippen LogP contribution is -2.47. The van der Waals surface area contributed by atoms with Crippen LogP contribution in [0.2, 0.25) is 0 Å². The van der Waals surface area contributed by atoms with Gasteiger partial charge in [-0.2, -0.15) is 8.42 Å². The number of nitrogens with zero attached hydrogens (tertiary/aromatic N) is 1. The molecule has 0 aliphatic carbocycles. The number of amides is 1. The highest BCUT2D eigenvalue weighted by Gasteiger charge is 2.32. The topological polar surface area (TPSA) is 83.9 Å². The minimum Gasteiger partial charge on any atom is -0.465 e. The van der Waals surface area contributed by atoms with E-state index in [-0.39, 0.29) is 19.5 Å². The fraction of sp³-hybridized carbons (Fsp3) is 0.857. The predicted octanol–water partition coefficient (Wildman–Crippen LogP) is 0.0530. The van der Waals surface area contributed by atoms with Gasteiger partial charge in [0.15, 0.2) is 0 Å². The van der Waals surface area contributed by atoms with Gasteiger partial charge in [-0.05, 0) is 0 Å². The summed E-state index contributed by atoms with van der Waals surface area (Å²) in [4.78, 5) is 11.4. The first-order chi connectivity index (χ1) is 6.78. The molecule has 1 heterocycles. The lowest BCUT2D eigenvalue weighted by molar-refractivity contribution is 0.0443. The van der Waals surface area contributed by atoms with E-state index in [0.717, 1.165) is 11.2 Å². The number of halogens is 1. The maximum atomic E-state index is 13.0. The standard InChI is InChI=1S/C7H12FNO5S/c1-15(12,13)14-6-2-5(8)3-9(4-6)7(10)11/h5-6H,2-4H2,1H3,(H,10,11). The van der Waals surface area contributed by atoms with Crippen LogP contribution in [0, 0.1) is 0 Å². The van der Waals surface area contributed by atoms with Gasteiger partial charge in [0.1, 0.15) is 6.17 Å². The predicted molar refractivity (Wildman–Crippen MR) is 48.8 cm³/mol. The molecule has 1 aliphatic heterocycles. The lowest BCUT2D eigenvalue weighted by Gasteiger charge is -2.31. The van der Waals surface area contributed by atoms with Crippen LogP contribution in [0.4, 0.5) is 9.18 Å². The Kier molecular flexibility index (Phi) is 3.50. The van der Waals surface area contributed by atoms with Crippen molar-refractivity contribution >= 4 is 16.2 Å². The molecule has 1 fully saturated rings. The molecule has 1 saturated heterocycles. The van der Waals surface area contributed by atoms with Crippen LogP contribution in [-0.4, -0.2) is 56.1 Å². The quantitative estimate of drug-likeness (QED) is 0.691. The summed E-state index contributed by atoms with van der Waals surface area (Å²) in [6.45, 7) is -0.359. The highest BCUT2D eigenvalue weighted by Crippen LogP contribution is 2.17. The molecule has 0 bridgehead atoms. The fourth-order valence-electron chi connectivity index (χ4n) is 1.47. The van der Waals surface area contributed by atoms with E-state index < -0.39 is 28.5 Å². The number of carbonyl (C=O) groups is 1. The first kappa shape index (κ1) is 12.2. The van der Waals surface area contributed by atoms with Gasteiger partial charge in [0.05, 0.1) is 25.4 Å². The zero-order chi connectivity index (χ0) is 11.6. The normalized spacial score (nSPS) is 27.7. The summed E-state index contributed by atoms with van der Waals surface area (Å²) in [5.74, 6) is 0. The minimum absolute atomic E-state index is 0.100. The number of piperidine rings is 1. The first-order valence-corrected chi connectivity index (χ1v) is 6.10. The third kappa shape index (κ3) is 4.00. The monoisotopic (exact) mass is 241 g/mol. The van der Waals surface area contributed by atoms with Gasteiger partial charge in [-0.25, -0.2) is 9.18 Å². The van der Waals surface area contributed by atoms with Crippen molar-refractivity contribution in [1.29, 1.82) is 0 Å². The molecule has 1 amide bonds. The summed E-state index contributed by atoms with van der Waals surface area (Å²) < 4.78 is 39.1. The van der Waals surface area contributed by atoms with Crippen LogP contribution in [0.3, 0.4) is 0 Å². The Bertz CT molecular complexity index is 343. The Morgan fingerprint density at radius 3 is 2.60 bits per heavy atom. The van der Waals surface area contributed by atoms with Gasteiger partial charge in [0.25, 0.3) is 10.1 Å². The molecule has 2 atom stereocenters. The van der Waals surface area contributed by atoms with Crippen molar-refractivity contribution in [2.75, 3.05) is 19.3 Å². The summed E-state index contributed by atoms with van der Waals surface area (Å²) in [7, 11) is -3.68. The Morgan fingerprint density at radius 2 is 2.13 bits per heavy atom. The third-order valence-electron chi connectivity index (χ3n) is 1.94. The molecule has 0 saturated carbocycles. The number of rotatable bonds is 2. The number of hydrogen-bond acceptors (Lipinski definition) is 4. The van der Waals surface area contributed by atoms with E-state index in [2.05, 4.69) is 4.18 Å². The largest absolute Gasteiger partial charge is 0.465 e. The SMILES string of the molecule is CS(=O)(=O)OC1CC(F)CN(C(=O)O)C1. The lowest BCUT2D eigenvalue weighted by atomic mass is 10.1. The summed E-state index contributed by atoms with van der Waals surface area (Å²) in [6, 6.07) is 0. The van der Waals surface area contributed by atoms with Crippen LogP contribution in [0.25, 0.3) is 0 Å². The Balaban J connectivity index is 2.63. The second-order valence-electron chi connectivity index (χ2n) is 3.44. The zero-order valence-electron chi connectivity index (χ0n) is 8.09. The molecule has 8 heteroatoms. The van der Waals surface area contributed by atoms with Crippen molar-refractivity contribution in [3.05, 3.63) is 0 Å². The number of hydrogen-bond donors (Lipinski definition) is 1. The van der Waals surface area contributed by atoms with E-state index in [9.17, 15) is 17.6 Å². The third-order valence-corrected chi connectivity index (χ3v) is 2.56. The molecule has 0 spiro atoms. The summed E-state index contributed by atoms with van der Waals surface area (Å²) in [6.07, 6.45) is -2.85. The highest BCUT2D eigenvalue weighted by atomic mass is 32.2. The van der Waals surface area contributed by atoms with Crippen LogP contribution >= 0.6 is 0 Å². The maximum absolute atomic E-state index is 13.0. The molecule has 1 rings (SSSR count). The molecule has 0 radical (unpaired) electrons. The maximum Gasteiger partial charge on any atom is 0.407 e. The molecule has 1 aliphatic rings. The molecule has 1 N–H and O–H groups in total. The second kappa shape index (κ2) is 4.31. The van der Waals surface area contributed by atoms with E-state index in [1.807, 2.05) is 0 Å². The van der Waals surface area contributed by atoms with Crippen molar-refractivity contribution in [3.8, 4) is 0 Å². The van der Waals surface area contributed by atoms with Gasteiger partial charge in [-0.3, -0.25) is 4.18 Å². The molecule has 0 aromatic rings. The van der Waals surface area contributed by atoms with Crippen LogP contribution in [0.1, 0.15) is 6.42 Å². The minimum atomic E-state index is -3.68. The molecule has 88 valence electrons.